The van der Waals surface area contributed by atoms with Crippen LogP contribution in [0.5, 0.6) is 0 Å². The normalized spacial score (nSPS) is 11.7. The molecular weight excluding hydrogens is 228 g/mol. The van der Waals surface area contributed by atoms with E-state index in [2.05, 4.69) is 37.1 Å². The molecule has 1 N–H and O–H groups in total. The van der Waals surface area contributed by atoms with Crippen molar-refractivity contribution in [2.24, 2.45) is 0 Å². The molecule has 0 unspecified atom stereocenters. The highest BCUT2D eigenvalue weighted by molar-refractivity contribution is 5.12. The van der Waals surface area contributed by atoms with Gasteiger partial charge in [-0.15, -0.1) is 0 Å². The van der Waals surface area contributed by atoms with Crippen LogP contribution in [-0.4, -0.2) is 37.7 Å². The molecule has 4 nitrogen and oxygen atoms in total. The average molecular weight is 254 g/mol. The lowest BCUT2D eigenvalue weighted by molar-refractivity contribution is 0.143. The Kier molecular flexibility index (Phi) is 7.01. The number of hydrogen-bond acceptors (Lipinski definition) is 4. The first kappa shape index (κ1) is 15.2. The number of hydrogen-bond donors (Lipinski definition) is 1. The van der Waals surface area contributed by atoms with Gasteiger partial charge in [0.15, 0.2) is 0 Å². The summed E-state index contributed by atoms with van der Waals surface area (Å²) in [4.78, 5) is 2.31. The van der Waals surface area contributed by atoms with Gasteiger partial charge in [-0.3, -0.25) is 4.90 Å². The van der Waals surface area contributed by atoms with Crippen LogP contribution in [0.1, 0.15) is 32.1 Å². The van der Waals surface area contributed by atoms with E-state index in [0.29, 0.717) is 6.04 Å². The molecule has 18 heavy (non-hydrogen) atoms. The lowest BCUT2D eigenvalue weighted by Gasteiger charge is -2.18. The third kappa shape index (κ3) is 5.67. The van der Waals surface area contributed by atoms with E-state index in [1.54, 1.807) is 7.11 Å². The number of furan rings is 1. The number of likely N-dealkylation sites (N-methyl/N-ethyl adjacent to an activating group) is 1. The monoisotopic (exact) mass is 254 g/mol. The van der Waals surface area contributed by atoms with Crippen LogP contribution in [0.2, 0.25) is 0 Å². The van der Waals surface area contributed by atoms with E-state index in [1.165, 1.54) is 5.56 Å². The largest absolute Gasteiger partial charge is 0.468 e. The van der Waals surface area contributed by atoms with Crippen molar-refractivity contribution in [2.45, 2.75) is 39.9 Å². The van der Waals surface area contributed by atoms with Gasteiger partial charge in [0.2, 0.25) is 0 Å². The number of nitrogens with zero attached hydrogens (tertiary/aromatic N) is 1. The molecule has 1 aromatic rings. The maximum Gasteiger partial charge on any atom is 0.118 e. The van der Waals surface area contributed by atoms with E-state index in [1.807, 2.05) is 6.26 Å². The van der Waals surface area contributed by atoms with Crippen molar-refractivity contribution in [3.63, 3.8) is 0 Å². The fraction of sp³-hybridized carbons (Fsp3) is 0.714. The summed E-state index contributed by atoms with van der Waals surface area (Å²) in [6.07, 6.45) is 1.84. The molecule has 1 rings (SSSR count). The summed E-state index contributed by atoms with van der Waals surface area (Å²) in [6.45, 7) is 10.9. The Morgan fingerprint density at radius 2 is 2.22 bits per heavy atom. The molecule has 0 atom stereocenters. The van der Waals surface area contributed by atoms with Gasteiger partial charge in [-0.1, -0.05) is 20.8 Å². The van der Waals surface area contributed by atoms with Gasteiger partial charge in [0.1, 0.15) is 5.76 Å². The maximum atomic E-state index is 5.59. The van der Waals surface area contributed by atoms with Crippen molar-refractivity contribution >= 4 is 0 Å². The Morgan fingerprint density at radius 1 is 1.44 bits per heavy atom. The summed E-state index contributed by atoms with van der Waals surface area (Å²) < 4.78 is 10.7. The van der Waals surface area contributed by atoms with Gasteiger partial charge in [0, 0.05) is 31.8 Å². The summed E-state index contributed by atoms with van der Waals surface area (Å²) in [5.41, 5.74) is 1.21. The topological polar surface area (TPSA) is 37.6 Å². The zero-order valence-corrected chi connectivity index (χ0v) is 12.0. The number of ether oxygens (including phenoxy) is 1. The molecule has 0 aliphatic carbocycles. The number of rotatable bonds is 9. The zero-order chi connectivity index (χ0) is 13.4. The first-order valence-corrected chi connectivity index (χ1v) is 6.66. The first-order valence-electron chi connectivity index (χ1n) is 6.66. The summed E-state index contributed by atoms with van der Waals surface area (Å²) in [6, 6.07) is 2.63. The predicted molar refractivity (Wildman–Crippen MR) is 73.5 cm³/mol. The van der Waals surface area contributed by atoms with Crippen molar-refractivity contribution in [2.75, 3.05) is 26.8 Å². The molecule has 0 aliphatic heterocycles. The van der Waals surface area contributed by atoms with E-state index < -0.39 is 0 Å². The Balaban J connectivity index is 2.41. The van der Waals surface area contributed by atoms with Gasteiger partial charge in [0.25, 0.3) is 0 Å². The molecule has 104 valence electrons. The molecule has 0 saturated heterocycles. The second-order valence-corrected chi connectivity index (χ2v) is 4.82. The quantitative estimate of drug-likeness (QED) is 0.733. The minimum atomic E-state index is 0.497. The van der Waals surface area contributed by atoms with Crippen molar-refractivity contribution in [1.82, 2.24) is 10.2 Å². The fourth-order valence-corrected chi connectivity index (χ4v) is 1.71. The molecule has 1 heterocycles. The van der Waals surface area contributed by atoms with E-state index >= 15 is 0 Å². The molecule has 0 saturated carbocycles. The molecule has 0 bridgehead atoms. The van der Waals surface area contributed by atoms with Gasteiger partial charge in [-0.2, -0.15) is 0 Å². The highest BCUT2D eigenvalue weighted by Gasteiger charge is 2.07. The van der Waals surface area contributed by atoms with Crippen LogP contribution in [0.4, 0.5) is 0 Å². The molecular formula is C14H26N2O2. The van der Waals surface area contributed by atoms with Gasteiger partial charge < -0.3 is 14.5 Å². The van der Waals surface area contributed by atoms with Crippen molar-refractivity contribution < 1.29 is 9.15 Å². The standard InChI is InChI=1S/C14H26N2O2/c1-5-16(6-7-17-4)10-14-8-13(11-18-14)9-15-12(2)3/h8,11-12,15H,5-7,9-10H2,1-4H3. The van der Waals surface area contributed by atoms with Gasteiger partial charge >= 0.3 is 0 Å². The third-order valence-corrected chi connectivity index (χ3v) is 2.86. The molecule has 0 amide bonds. The molecule has 1 aromatic heterocycles. The van der Waals surface area contributed by atoms with Gasteiger partial charge in [-0.25, -0.2) is 0 Å². The highest BCUT2D eigenvalue weighted by atomic mass is 16.5. The van der Waals surface area contributed by atoms with Gasteiger partial charge in [0.05, 0.1) is 19.4 Å². The summed E-state index contributed by atoms with van der Waals surface area (Å²) in [5.74, 6) is 1.02. The Labute approximate surface area is 110 Å². The van der Waals surface area contributed by atoms with Crippen LogP contribution in [-0.2, 0) is 17.8 Å². The van der Waals surface area contributed by atoms with Crippen LogP contribution in [0.3, 0.4) is 0 Å². The van der Waals surface area contributed by atoms with Gasteiger partial charge in [-0.05, 0) is 12.6 Å². The fourth-order valence-electron chi connectivity index (χ4n) is 1.71. The number of methoxy groups -OCH3 is 1. The van der Waals surface area contributed by atoms with Crippen LogP contribution >= 0.6 is 0 Å². The molecule has 0 fully saturated rings. The maximum absolute atomic E-state index is 5.59. The second-order valence-electron chi connectivity index (χ2n) is 4.82. The first-order chi connectivity index (χ1) is 8.65. The van der Waals surface area contributed by atoms with Crippen LogP contribution in [0.15, 0.2) is 16.7 Å². The Hall–Kier alpha value is -0.840. The molecule has 0 aliphatic rings. The predicted octanol–water partition coefficient (Wildman–Crippen LogP) is 2.25. The van der Waals surface area contributed by atoms with Crippen molar-refractivity contribution in [3.05, 3.63) is 23.7 Å². The van der Waals surface area contributed by atoms with E-state index in [9.17, 15) is 0 Å². The minimum Gasteiger partial charge on any atom is -0.468 e. The van der Waals surface area contributed by atoms with Crippen LogP contribution in [0, 0.1) is 0 Å². The van der Waals surface area contributed by atoms with Crippen LogP contribution < -0.4 is 5.32 Å². The summed E-state index contributed by atoms with van der Waals surface area (Å²) >= 11 is 0. The minimum absolute atomic E-state index is 0.497. The molecule has 4 heteroatoms. The van der Waals surface area contributed by atoms with Crippen LogP contribution in [0.25, 0.3) is 0 Å². The van der Waals surface area contributed by atoms with Crippen molar-refractivity contribution in [3.8, 4) is 0 Å². The lowest BCUT2D eigenvalue weighted by Crippen LogP contribution is -2.26. The molecule has 0 radical (unpaired) electrons. The zero-order valence-electron chi connectivity index (χ0n) is 12.0. The average Bonchev–Trinajstić information content (AvgIpc) is 2.79. The number of nitrogens with one attached hydrogen (secondary N) is 1. The lowest BCUT2D eigenvalue weighted by atomic mass is 10.2. The Morgan fingerprint density at radius 3 is 2.83 bits per heavy atom. The van der Waals surface area contributed by atoms with E-state index in [-0.39, 0.29) is 0 Å². The summed E-state index contributed by atoms with van der Waals surface area (Å²) in [7, 11) is 1.73. The van der Waals surface area contributed by atoms with E-state index in [4.69, 9.17) is 9.15 Å². The van der Waals surface area contributed by atoms with E-state index in [0.717, 1.165) is 38.5 Å². The highest BCUT2D eigenvalue weighted by Crippen LogP contribution is 2.10. The smallest absolute Gasteiger partial charge is 0.118 e. The second kappa shape index (κ2) is 8.29. The third-order valence-electron chi connectivity index (χ3n) is 2.86. The molecule has 0 spiro atoms. The Bertz CT molecular complexity index is 323. The summed E-state index contributed by atoms with van der Waals surface area (Å²) in [5, 5.41) is 3.38. The van der Waals surface area contributed by atoms with Crippen molar-refractivity contribution in [1.29, 1.82) is 0 Å². The SMILES string of the molecule is CCN(CCOC)Cc1cc(CNC(C)C)co1. The molecule has 0 aromatic carbocycles.